The summed E-state index contributed by atoms with van der Waals surface area (Å²) >= 11 is 2.39. The van der Waals surface area contributed by atoms with Gasteiger partial charge >= 0.3 is 5.97 Å². The molecule has 1 atom stereocenters. The first kappa shape index (κ1) is 18.6. The molecule has 0 aromatic carbocycles. The first-order chi connectivity index (χ1) is 11.9. The first-order valence-corrected chi connectivity index (χ1v) is 8.87. The molecule has 2 rings (SSSR count). The number of esters is 1. The second kappa shape index (κ2) is 8.40. The number of hydrogen-bond donors (Lipinski definition) is 3. The summed E-state index contributed by atoms with van der Waals surface area (Å²) in [4.78, 5) is 39.5. The van der Waals surface area contributed by atoms with Crippen LogP contribution in [0.5, 0.6) is 0 Å². The van der Waals surface area contributed by atoms with Crippen LogP contribution in [0.2, 0.25) is 0 Å². The molecule has 10 heteroatoms. The molecule has 0 bridgehead atoms. The summed E-state index contributed by atoms with van der Waals surface area (Å²) in [6, 6.07) is 1.51. The Morgan fingerprint density at radius 2 is 2.20 bits per heavy atom. The molecule has 0 saturated heterocycles. The Hall–Kier alpha value is -2.72. The fourth-order valence-corrected chi connectivity index (χ4v) is 3.18. The number of carbonyl (C=O) groups excluding carboxylic acids is 3. The highest BCUT2D eigenvalue weighted by atomic mass is 32.1. The molecule has 2 heterocycles. The van der Waals surface area contributed by atoms with Gasteiger partial charge in [-0.2, -0.15) is 0 Å². The lowest BCUT2D eigenvalue weighted by Crippen LogP contribution is -2.30. The van der Waals surface area contributed by atoms with Gasteiger partial charge < -0.3 is 21.1 Å². The summed E-state index contributed by atoms with van der Waals surface area (Å²) in [5, 5.41) is 9.49. The standard InChI is InChI=1S/C15H16N4O4S2/c1-3-5-17-15-18-10(7-25-15)14(22)23-8(2)12(21)19-13-9(11(16)20)4-6-24-13/h3-4,6-8H,1,5H2,2H3,(H2,16,20)(H,17,18)(H,19,21). The SMILES string of the molecule is C=CCNc1nc(C(=O)OC(C)C(=O)Nc2sccc2C(N)=O)cs1. The summed E-state index contributed by atoms with van der Waals surface area (Å²) < 4.78 is 5.10. The van der Waals surface area contributed by atoms with Crippen molar-refractivity contribution in [3.63, 3.8) is 0 Å². The van der Waals surface area contributed by atoms with Gasteiger partial charge in [0.05, 0.1) is 5.56 Å². The largest absolute Gasteiger partial charge is 0.448 e. The zero-order valence-corrected chi connectivity index (χ0v) is 14.9. The van der Waals surface area contributed by atoms with Gasteiger partial charge in [-0.1, -0.05) is 6.08 Å². The molecule has 2 aromatic heterocycles. The third kappa shape index (κ3) is 4.88. The highest BCUT2D eigenvalue weighted by Gasteiger charge is 2.22. The van der Waals surface area contributed by atoms with Crippen LogP contribution in [0.4, 0.5) is 10.1 Å². The van der Waals surface area contributed by atoms with E-state index in [1.165, 1.54) is 29.7 Å². The maximum absolute atomic E-state index is 12.1. The number of primary amides is 1. The van der Waals surface area contributed by atoms with Crippen LogP contribution in [0.25, 0.3) is 0 Å². The third-order valence-corrected chi connectivity index (χ3v) is 4.56. The molecule has 0 saturated carbocycles. The Morgan fingerprint density at radius 1 is 1.44 bits per heavy atom. The molecule has 0 aliphatic heterocycles. The van der Waals surface area contributed by atoms with Crippen molar-refractivity contribution in [2.75, 3.05) is 17.2 Å². The molecular formula is C15H16N4O4S2. The average molecular weight is 380 g/mol. The number of carbonyl (C=O) groups is 3. The minimum absolute atomic E-state index is 0.102. The topological polar surface area (TPSA) is 123 Å². The van der Waals surface area contributed by atoms with E-state index in [0.717, 1.165) is 11.3 Å². The van der Waals surface area contributed by atoms with E-state index in [1.807, 2.05) is 0 Å². The second-order valence-corrected chi connectivity index (χ2v) is 6.55. The van der Waals surface area contributed by atoms with E-state index in [9.17, 15) is 14.4 Å². The third-order valence-electron chi connectivity index (χ3n) is 2.93. The van der Waals surface area contributed by atoms with Crippen molar-refractivity contribution in [1.29, 1.82) is 0 Å². The molecule has 25 heavy (non-hydrogen) atoms. The molecule has 2 amide bonds. The van der Waals surface area contributed by atoms with Gasteiger partial charge in [-0.3, -0.25) is 9.59 Å². The molecule has 1 unspecified atom stereocenters. The van der Waals surface area contributed by atoms with Gasteiger partial charge in [0.25, 0.3) is 11.8 Å². The number of anilines is 2. The maximum Gasteiger partial charge on any atom is 0.358 e. The molecule has 8 nitrogen and oxygen atoms in total. The van der Waals surface area contributed by atoms with Crippen LogP contribution in [0.3, 0.4) is 0 Å². The number of rotatable bonds is 8. The zero-order chi connectivity index (χ0) is 18.4. The number of amides is 2. The summed E-state index contributed by atoms with van der Waals surface area (Å²) in [5.41, 5.74) is 5.52. The van der Waals surface area contributed by atoms with Gasteiger partial charge in [0, 0.05) is 11.9 Å². The van der Waals surface area contributed by atoms with Crippen molar-refractivity contribution < 1.29 is 19.1 Å². The van der Waals surface area contributed by atoms with E-state index in [2.05, 4.69) is 22.2 Å². The van der Waals surface area contributed by atoms with Crippen LogP contribution in [0, 0.1) is 0 Å². The number of thiophene rings is 1. The van der Waals surface area contributed by atoms with Gasteiger partial charge in [0.2, 0.25) is 0 Å². The fraction of sp³-hybridized carbons (Fsp3) is 0.200. The van der Waals surface area contributed by atoms with Crippen LogP contribution >= 0.6 is 22.7 Å². The smallest absolute Gasteiger partial charge is 0.358 e. The summed E-state index contributed by atoms with van der Waals surface area (Å²) in [6.07, 6.45) is 0.595. The van der Waals surface area contributed by atoms with E-state index < -0.39 is 23.9 Å². The zero-order valence-electron chi connectivity index (χ0n) is 13.3. The van der Waals surface area contributed by atoms with E-state index in [0.29, 0.717) is 16.7 Å². The monoisotopic (exact) mass is 380 g/mol. The Morgan fingerprint density at radius 3 is 2.88 bits per heavy atom. The molecule has 0 spiro atoms. The lowest BCUT2D eigenvalue weighted by atomic mass is 10.3. The quantitative estimate of drug-likeness (QED) is 0.476. The number of hydrogen-bond acceptors (Lipinski definition) is 8. The van der Waals surface area contributed by atoms with Crippen molar-refractivity contribution in [3.05, 3.63) is 40.7 Å². The lowest BCUT2D eigenvalue weighted by Gasteiger charge is -2.12. The molecule has 0 aliphatic rings. The highest BCUT2D eigenvalue weighted by molar-refractivity contribution is 7.14. The number of nitrogens with one attached hydrogen (secondary N) is 2. The molecular weight excluding hydrogens is 364 g/mol. The molecule has 2 aromatic rings. The number of aromatic nitrogens is 1. The Kier molecular flexibility index (Phi) is 6.25. The van der Waals surface area contributed by atoms with Crippen LogP contribution in [0.1, 0.15) is 27.8 Å². The van der Waals surface area contributed by atoms with E-state index in [1.54, 1.807) is 11.5 Å². The molecule has 4 N–H and O–H groups in total. The van der Waals surface area contributed by atoms with Crippen molar-refractivity contribution in [2.24, 2.45) is 5.73 Å². The summed E-state index contributed by atoms with van der Waals surface area (Å²) in [5.74, 6) is -1.94. The van der Waals surface area contributed by atoms with Gasteiger partial charge in [-0.15, -0.1) is 29.3 Å². The Balaban J connectivity index is 1.94. The van der Waals surface area contributed by atoms with Gasteiger partial charge in [0.15, 0.2) is 16.9 Å². The van der Waals surface area contributed by atoms with E-state index >= 15 is 0 Å². The minimum Gasteiger partial charge on any atom is -0.448 e. The Bertz CT molecular complexity index is 799. The number of thiazole rings is 1. The van der Waals surface area contributed by atoms with Gasteiger partial charge in [0.1, 0.15) is 5.00 Å². The predicted octanol–water partition coefficient (Wildman–Crippen LogP) is 2.09. The van der Waals surface area contributed by atoms with Crippen molar-refractivity contribution in [3.8, 4) is 0 Å². The van der Waals surface area contributed by atoms with Gasteiger partial charge in [-0.25, -0.2) is 9.78 Å². The Labute approximate surface area is 151 Å². The molecule has 132 valence electrons. The first-order valence-electron chi connectivity index (χ1n) is 7.11. The average Bonchev–Trinajstić information content (AvgIpc) is 3.21. The van der Waals surface area contributed by atoms with Crippen molar-refractivity contribution in [1.82, 2.24) is 4.98 Å². The van der Waals surface area contributed by atoms with E-state index in [-0.39, 0.29) is 11.3 Å². The van der Waals surface area contributed by atoms with Crippen molar-refractivity contribution in [2.45, 2.75) is 13.0 Å². The number of ether oxygens (including phenoxy) is 1. The van der Waals surface area contributed by atoms with E-state index in [4.69, 9.17) is 10.5 Å². The molecule has 0 aliphatic carbocycles. The normalized spacial score (nSPS) is 11.4. The van der Waals surface area contributed by atoms with Crippen molar-refractivity contribution >= 4 is 50.6 Å². The number of nitrogens with zero attached hydrogens (tertiary/aromatic N) is 1. The molecule has 0 radical (unpaired) electrons. The predicted molar refractivity (Wildman–Crippen MR) is 97.1 cm³/mol. The van der Waals surface area contributed by atoms with Crippen LogP contribution in [-0.4, -0.2) is 35.4 Å². The van der Waals surface area contributed by atoms with Gasteiger partial charge in [-0.05, 0) is 18.4 Å². The number of nitrogens with two attached hydrogens (primary N) is 1. The van der Waals surface area contributed by atoms with Crippen LogP contribution in [-0.2, 0) is 9.53 Å². The summed E-state index contributed by atoms with van der Waals surface area (Å²) in [7, 11) is 0. The highest BCUT2D eigenvalue weighted by Crippen LogP contribution is 2.23. The summed E-state index contributed by atoms with van der Waals surface area (Å²) in [6.45, 7) is 5.52. The van der Waals surface area contributed by atoms with Crippen LogP contribution in [0.15, 0.2) is 29.5 Å². The van der Waals surface area contributed by atoms with Crippen LogP contribution < -0.4 is 16.4 Å². The second-order valence-electron chi connectivity index (χ2n) is 4.77. The minimum atomic E-state index is -1.07. The maximum atomic E-state index is 12.1. The fourth-order valence-electron chi connectivity index (χ4n) is 1.70. The lowest BCUT2D eigenvalue weighted by molar-refractivity contribution is -0.123. The molecule has 0 fully saturated rings.